The summed E-state index contributed by atoms with van der Waals surface area (Å²) in [6, 6.07) is 0. The maximum absolute atomic E-state index is 11.2. The zero-order chi connectivity index (χ0) is 9.84. The molecule has 1 amide bonds. The van der Waals surface area contributed by atoms with Crippen molar-refractivity contribution in [3.8, 4) is 0 Å². The first-order valence-electron chi connectivity index (χ1n) is 3.52. The highest BCUT2D eigenvalue weighted by Crippen LogP contribution is 2.07. The highest BCUT2D eigenvalue weighted by atomic mass is 79.9. The Labute approximate surface area is 92.4 Å². The summed E-state index contributed by atoms with van der Waals surface area (Å²) < 4.78 is 0.636. The van der Waals surface area contributed by atoms with E-state index in [1.807, 2.05) is 0 Å². The van der Waals surface area contributed by atoms with Crippen molar-refractivity contribution in [1.82, 2.24) is 9.97 Å². The Morgan fingerprint density at radius 3 is 2.69 bits per heavy atom. The molecular formula is C7H7Br2N3O. The van der Waals surface area contributed by atoms with Crippen molar-refractivity contribution in [3.63, 3.8) is 0 Å². The van der Waals surface area contributed by atoms with Crippen molar-refractivity contribution in [1.29, 1.82) is 0 Å². The molecule has 0 spiro atoms. The summed E-state index contributed by atoms with van der Waals surface area (Å²) in [5.41, 5.74) is 0. The predicted molar refractivity (Wildman–Crippen MR) is 56.8 cm³/mol. The number of amides is 1. The summed E-state index contributed by atoms with van der Waals surface area (Å²) in [4.78, 5) is 18.8. The zero-order valence-corrected chi connectivity index (χ0v) is 9.96. The summed E-state index contributed by atoms with van der Waals surface area (Å²) >= 11 is 6.29. The number of carbonyl (C=O) groups excluding carboxylic acids is 1. The van der Waals surface area contributed by atoms with Crippen molar-refractivity contribution in [2.45, 2.75) is 11.8 Å². The fraction of sp³-hybridized carbons (Fsp3) is 0.286. The maximum atomic E-state index is 11.2. The normalized spacial score (nSPS) is 12.2. The Morgan fingerprint density at radius 1 is 1.54 bits per heavy atom. The summed E-state index contributed by atoms with van der Waals surface area (Å²) in [5.74, 6) is 0.302. The molecule has 13 heavy (non-hydrogen) atoms. The third-order valence-corrected chi connectivity index (χ3v) is 2.06. The van der Waals surface area contributed by atoms with Crippen LogP contribution in [0.1, 0.15) is 6.92 Å². The van der Waals surface area contributed by atoms with Gasteiger partial charge in [0, 0.05) is 0 Å². The van der Waals surface area contributed by atoms with Crippen LogP contribution in [-0.2, 0) is 4.79 Å². The quantitative estimate of drug-likeness (QED) is 0.850. The molecule has 0 bridgehead atoms. The van der Waals surface area contributed by atoms with Crippen LogP contribution in [0, 0.1) is 0 Å². The van der Waals surface area contributed by atoms with Crippen molar-refractivity contribution in [3.05, 3.63) is 17.0 Å². The van der Waals surface area contributed by atoms with E-state index in [0.717, 1.165) is 0 Å². The zero-order valence-electron chi connectivity index (χ0n) is 6.79. The van der Waals surface area contributed by atoms with E-state index >= 15 is 0 Å². The van der Waals surface area contributed by atoms with E-state index in [4.69, 9.17) is 0 Å². The number of carbonyl (C=O) groups is 1. The molecule has 70 valence electrons. The molecule has 1 aromatic heterocycles. The SMILES string of the molecule is CC(Br)C(=O)Nc1cnc(Br)cn1. The fourth-order valence-electron chi connectivity index (χ4n) is 0.603. The lowest BCUT2D eigenvalue weighted by atomic mass is 10.4. The minimum atomic E-state index is -0.238. The Morgan fingerprint density at radius 2 is 2.23 bits per heavy atom. The first-order valence-corrected chi connectivity index (χ1v) is 5.23. The molecule has 1 atom stereocenters. The van der Waals surface area contributed by atoms with Gasteiger partial charge in [-0.3, -0.25) is 4.79 Å². The highest BCUT2D eigenvalue weighted by molar-refractivity contribution is 9.10. The Kier molecular flexibility index (Phi) is 3.80. The number of anilines is 1. The van der Waals surface area contributed by atoms with Crippen LogP contribution < -0.4 is 5.32 Å². The third kappa shape index (κ3) is 3.40. The van der Waals surface area contributed by atoms with Crippen LogP contribution in [0.2, 0.25) is 0 Å². The second-order valence-corrected chi connectivity index (χ2v) is 4.52. The minimum Gasteiger partial charge on any atom is -0.308 e. The average molecular weight is 309 g/mol. The monoisotopic (exact) mass is 307 g/mol. The van der Waals surface area contributed by atoms with Crippen LogP contribution in [0.15, 0.2) is 17.0 Å². The van der Waals surface area contributed by atoms with Gasteiger partial charge in [0.15, 0.2) is 5.82 Å². The van der Waals surface area contributed by atoms with Crippen LogP contribution in [0.3, 0.4) is 0 Å². The molecule has 1 unspecified atom stereocenters. The van der Waals surface area contributed by atoms with Gasteiger partial charge in [0.25, 0.3) is 0 Å². The number of alkyl halides is 1. The van der Waals surface area contributed by atoms with Crippen molar-refractivity contribution in [2.75, 3.05) is 5.32 Å². The number of rotatable bonds is 2. The summed E-state index contributed by atoms with van der Waals surface area (Å²) in [6.45, 7) is 1.74. The number of halogens is 2. The lowest BCUT2D eigenvalue weighted by Crippen LogP contribution is -2.20. The molecule has 0 fully saturated rings. The molecule has 1 heterocycles. The predicted octanol–water partition coefficient (Wildman–Crippen LogP) is 1.96. The largest absolute Gasteiger partial charge is 0.308 e. The van der Waals surface area contributed by atoms with Gasteiger partial charge in [-0.2, -0.15) is 0 Å². The molecule has 0 aliphatic heterocycles. The van der Waals surface area contributed by atoms with Crippen LogP contribution in [0.25, 0.3) is 0 Å². The molecule has 0 aromatic carbocycles. The van der Waals surface area contributed by atoms with Gasteiger partial charge in [-0.05, 0) is 22.9 Å². The first-order chi connectivity index (χ1) is 6.09. The molecule has 1 aromatic rings. The third-order valence-electron chi connectivity index (χ3n) is 1.23. The van der Waals surface area contributed by atoms with Crippen LogP contribution in [-0.4, -0.2) is 20.7 Å². The molecule has 0 saturated carbocycles. The smallest absolute Gasteiger partial charge is 0.239 e. The van der Waals surface area contributed by atoms with E-state index in [9.17, 15) is 4.79 Å². The van der Waals surface area contributed by atoms with Gasteiger partial charge in [-0.1, -0.05) is 15.9 Å². The van der Waals surface area contributed by atoms with E-state index in [1.54, 1.807) is 6.92 Å². The van der Waals surface area contributed by atoms with E-state index in [1.165, 1.54) is 12.4 Å². The number of nitrogens with zero attached hydrogens (tertiary/aromatic N) is 2. The molecule has 4 nitrogen and oxygen atoms in total. The second kappa shape index (κ2) is 4.66. The van der Waals surface area contributed by atoms with Crippen molar-refractivity contribution < 1.29 is 4.79 Å². The molecule has 0 aliphatic carbocycles. The van der Waals surface area contributed by atoms with Gasteiger partial charge in [0.1, 0.15) is 4.60 Å². The molecule has 0 aliphatic rings. The second-order valence-electron chi connectivity index (χ2n) is 2.33. The molecule has 0 radical (unpaired) electrons. The lowest BCUT2D eigenvalue weighted by molar-refractivity contribution is -0.115. The standard InChI is InChI=1S/C7H7Br2N3O/c1-4(8)7(13)12-6-3-10-5(9)2-11-6/h2-4H,1H3,(H,11,12,13). The molecular weight excluding hydrogens is 302 g/mol. The Balaban J connectivity index is 2.65. The van der Waals surface area contributed by atoms with Gasteiger partial charge in [0.2, 0.25) is 5.91 Å². The van der Waals surface area contributed by atoms with Gasteiger partial charge in [-0.15, -0.1) is 0 Å². The van der Waals surface area contributed by atoms with Crippen LogP contribution in [0.4, 0.5) is 5.82 Å². The minimum absolute atomic E-state index is 0.142. The Bertz CT molecular complexity index is 299. The molecule has 1 rings (SSSR count). The van der Waals surface area contributed by atoms with Gasteiger partial charge in [0.05, 0.1) is 17.2 Å². The summed E-state index contributed by atoms with van der Waals surface area (Å²) in [7, 11) is 0. The topological polar surface area (TPSA) is 54.9 Å². The summed E-state index contributed by atoms with van der Waals surface area (Å²) in [5, 5.41) is 2.59. The van der Waals surface area contributed by atoms with E-state index in [0.29, 0.717) is 10.4 Å². The number of nitrogens with one attached hydrogen (secondary N) is 1. The van der Waals surface area contributed by atoms with Gasteiger partial charge in [-0.25, -0.2) is 9.97 Å². The molecule has 1 N–H and O–H groups in total. The molecule has 6 heteroatoms. The van der Waals surface area contributed by atoms with E-state index in [-0.39, 0.29) is 10.7 Å². The first kappa shape index (κ1) is 10.6. The fourth-order valence-corrected chi connectivity index (χ4v) is 0.922. The van der Waals surface area contributed by atoms with Crippen LogP contribution in [0.5, 0.6) is 0 Å². The number of aromatic nitrogens is 2. The van der Waals surface area contributed by atoms with Crippen molar-refractivity contribution in [2.24, 2.45) is 0 Å². The van der Waals surface area contributed by atoms with Crippen LogP contribution >= 0.6 is 31.9 Å². The average Bonchev–Trinajstić information content (AvgIpc) is 2.08. The lowest BCUT2D eigenvalue weighted by Gasteiger charge is -2.04. The van der Waals surface area contributed by atoms with Gasteiger partial charge < -0.3 is 5.32 Å². The number of hydrogen-bond acceptors (Lipinski definition) is 3. The van der Waals surface area contributed by atoms with Crippen molar-refractivity contribution >= 4 is 43.6 Å². The van der Waals surface area contributed by atoms with Gasteiger partial charge >= 0.3 is 0 Å². The maximum Gasteiger partial charge on any atom is 0.239 e. The summed E-state index contributed by atoms with van der Waals surface area (Å²) in [6.07, 6.45) is 3.01. The van der Waals surface area contributed by atoms with E-state index in [2.05, 4.69) is 47.1 Å². The molecule has 0 saturated heterocycles. The number of hydrogen-bond donors (Lipinski definition) is 1. The Hall–Kier alpha value is -0.490. The van der Waals surface area contributed by atoms with E-state index < -0.39 is 0 Å². The highest BCUT2D eigenvalue weighted by Gasteiger charge is 2.08.